The topological polar surface area (TPSA) is 126 Å². The number of nitrogens with one attached hydrogen (secondary N) is 1. The Morgan fingerprint density at radius 2 is 2.03 bits per heavy atom. The lowest BCUT2D eigenvalue weighted by Crippen LogP contribution is -2.35. The van der Waals surface area contributed by atoms with E-state index in [0.29, 0.717) is 46.1 Å². The maximum absolute atomic E-state index is 13.2. The molecule has 2 aromatic heterocycles. The monoisotopic (exact) mass is 504 g/mol. The van der Waals surface area contributed by atoms with Crippen molar-refractivity contribution in [3.63, 3.8) is 0 Å². The van der Waals surface area contributed by atoms with E-state index in [4.69, 9.17) is 11.6 Å². The molecule has 0 saturated heterocycles. The molecule has 0 fully saturated rings. The molecule has 1 amide bonds. The van der Waals surface area contributed by atoms with Crippen LogP contribution < -0.4 is 10.0 Å². The standard InChI is InChI=1S/C25H21ClN6O4/c1-36-25(34)28-19-6-2-15(3-7-19)10-23(33)20-8-4-16-11-17(13-32(35)24(16)20)21-12-18(26)5-9-22(21)31-14-27-29-30-31/h2-3,5-7,9,11-14,20H,4,8,10H2,1H3,(H,28,34). The largest absolute Gasteiger partial charge is 0.618 e. The maximum atomic E-state index is 13.2. The number of aromatic nitrogens is 5. The lowest BCUT2D eigenvalue weighted by atomic mass is 9.95. The predicted octanol–water partition coefficient (Wildman–Crippen LogP) is 3.64. The van der Waals surface area contributed by atoms with Gasteiger partial charge >= 0.3 is 6.09 Å². The second-order valence-corrected chi connectivity index (χ2v) is 8.87. The molecule has 2 aromatic carbocycles. The van der Waals surface area contributed by atoms with E-state index in [1.54, 1.807) is 42.5 Å². The maximum Gasteiger partial charge on any atom is 0.411 e. The molecular weight excluding hydrogens is 484 g/mol. The van der Waals surface area contributed by atoms with Gasteiger partial charge < -0.3 is 9.94 Å². The van der Waals surface area contributed by atoms with E-state index in [0.717, 1.165) is 15.9 Å². The summed E-state index contributed by atoms with van der Waals surface area (Å²) < 4.78 is 6.88. The molecule has 11 heteroatoms. The number of anilines is 1. The van der Waals surface area contributed by atoms with Gasteiger partial charge in [-0.25, -0.2) is 4.79 Å². The van der Waals surface area contributed by atoms with Gasteiger partial charge in [-0.2, -0.15) is 9.41 Å². The molecule has 0 spiro atoms. The highest BCUT2D eigenvalue weighted by Gasteiger charge is 2.36. The molecule has 0 radical (unpaired) electrons. The number of amides is 1. The number of carbonyl (C=O) groups excluding carboxylic acids is 2. The molecule has 1 aliphatic rings. The Hall–Kier alpha value is -4.31. The smallest absolute Gasteiger partial charge is 0.411 e. The average Bonchev–Trinajstić information content (AvgIpc) is 3.56. The number of hydrogen-bond acceptors (Lipinski definition) is 7. The van der Waals surface area contributed by atoms with Gasteiger partial charge in [-0.1, -0.05) is 23.7 Å². The summed E-state index contributed by atoms with van der Waals surface area (Å²) in [6.07, 6.45) is 3.74. The number of ketones is 1. The molecule has 2 heterocycles. The number of aryl methyl sites for hydroxylation is 1. The quantitative estimate of drug-likeness (QED) is 0.314. The van der Waals surface area contributed by atoms with Crippen LogP contribution in [0.3, 0.4) is 0 Å². The van der Waals surface area contributed by atoms with Crippen LogP contribution in [0.1, 0.15) is 29.2 Å². The zero-order valence-electron chi connectivity index (χ0n) is 19.2. The van der Waals surface area contributed by atoms with Crippen LogP contribution in [0.15, 0.2) is 61.1 Å². The fourth-order valence-corrected chi connectivity index (χ4v) is 4.69. The third-order valence-electron chi connectivity index (χ3n) is 6.20. The number of tetrazole rings is 1. The SMILES string of the molecule is COC(=O)Nc1ccc(CC(=O)C2CCc3cc(-c4cc(Cl)ccc4-n4cnnn4)c[n+]([O-])c32)cc1. The van der Waals surface area contributed by atoms with Gasteiger partial charge in [-0.15, -0.1) is 5.10 Å². The molecule has 4 aromatic rings. The first kappa shape index (κ1) is 23.4. The molecule has 36 heavy (non-hydrogen) atoms. The number of methoxy groups -OCH3 is 1. The van der Waals surface area contributed by atoms with Crippen LogP contribution in [0.4, 0.5) is 10.5 Å². The average molecular weight is 505 g/mol. The number of pyridine rings is 1. The van der Waals surface area contributed by atoms with E-state index in [2.05, 4.69) is 25.6 Å². The van der Waals surface area contributed by atoms with Crippen molar-refractivity contribution >= 4 is 29.2 Å². The van der Waals surface area contributed by atoms with Gasteiger partial charge in [0, 0.05) is 33.8 Å². The third kappa shape index (κ3) is 4.63. The van der Waals surface area contributed by atoms with Gasteiger partial charge in [-0.05, 0) is 65.2 Å². The van der Waals surface area contributed by atoms with Crippen molar-refractivity contribution in [2.75, 3.05) is 12.4 Å². The van der Waals surface area contributed by atoms with Crippen LogP contribution in [-0.4, -0.2) is 39.2 Å². The zero-order valence-corrected chi connectivity index (χ0v) is 20.0. The first-order chi connectivity index (χ1) is 17.4. The minimum absolute atomic E-state index is 0.0306. The minimum atomic E-state index is -0.566. The van der Waals surface area contributed by atoms with Gasteiger partial charge in [0.15, 0.2) is 12.0 Å². The number of halogens is 1. The summed E-state index contributed by atoms with van der Waals surface area (Å²) in [6, 6.07) is 14.2. The van der Waals surface area contributed by atoms with Gasteiger partial charge in [0.1, 0.15) is 12.2 Å². The Labute approximate surface area is 211 Å². The third-order valence-corrected chi connectivity index (χ3v) is 6.44. The molecule has 5 rings (SSSR count). The number of hydrogen-bond donors (Lipinski definition) is 1. The first-order valence-corrected chi connectivity index (χ1v) is 11.6. The number of ether oxygens (including phenoxy) is 1. The highest BCUT2D eigenvalue weighted by Crippen LogP contribution is 2.36. The summed E-state index contributed by atoms with van der Waals surface area (Å²) in [5.74, 6) is -0.519. The van der Waals surface area contributed by atoms with Gasteiger partial charge in [0.25, 0.3) is 0 Å². The highest BCUT2D eigenvalue weighted by molar-refractivity contribution is 6.31. The fourth-order valence-electron chi connectivity index (χ4n) is 4.52. The predicted molar refractivity (Wildman–Crippen MR) is 131 cm³/mol. The van der Waals surface area contributed by atoms with Crippen molar-refractivity contribution in [1.82, 2.24) is 20.2 Å². The molecule has 10 nitrogen and oxygen atoms in total. The Morgan fingerprint density at radius 3 is 2.75 bits per heavy atom. The summed E-state index contributed by atoms with van der Waals surface area (Å²) in [6.45, 7) is 0. The van der Waals surface area contributed by atoms with E-state index in [-0.39, 0.29) is 12.2 Å². The van der Waals surface area contributed by atoms with Crippen LogP contribution in [0, 0.1) is 5.21 Å². The van der Waals surface area contributed by atoms with Crippen molar-refractivity contribution in [2.24, 2.45) is 0 Å². The molecule has 0 saturated carbocycles. The molecule has 1 N–H and O–H groups in total. The molecule has 1 aliphatic carbocycles. The number of nitrogens with zero attached hydrogens (tertiary/aromatic N) is 5. The number of Topliss-reactive ketones (excluding diaryl/α,β-unsaturated/α-hetero) is 1. The van der Waals surface area contributed by atoms with E-state index >= 15 is 0 Å². The van der Waals surface area contributed by atoms with Crippen molar-refractivity contribution in [3.8, 4) is 16.8 Å². The molecular formula is C25H21ClN6O4. The summed E-state index contributed by atoms with van der Waals surface area (Å²) in [5.41, 5.74) is 4.73. The molecule has 0 bridgehead atoms. The fraction of sp³-hybridized carbons (Fsp3) is 0.200. The van der Waals surface area contributed by atoms with E-state index in [1.165, 1.54) is 24.3 Å². The number of fused-ring (bicyclic) bond motifs is 1. The first-order valence-electron chi connectivity index (χ1n) is 11.2. The van der Waals surface area contributed by atoms with E-state index < -0.39 is 12.0 Å². The lowest BCUT2D eigenvalue weighted by Gasteiger charge is -2.14. The van der Waals surface area contributed by atoms with Gasteiger partial charge in [0.05, 0.1) is 12.8 Å². The lowest BCUT2D eigenvalue weighted by molar-refractivity contribution is -0.613. The summed E-state index contributed by atoms with van der Waals surface area (Å²) >= 11 is 6.25. The second kappa shape index (κ2) is 9.74. The highest BCUT2D eigenvalue weighted by atomic mass is 35.5. The number of carbonyl (C=O) groups is 2. The molecule has 1 unspecified atom stereocenters. The summed E-state index contributed by atoms with van der Waals surface area (Å²) in [4.78, 5) is 24.5. The van der Waals surface area contributed by atoms with Crippen LogP contribution in [0.2, 0.25) is 5.02 Å². The van der Waals surface area contributed by atoms with Gasteiger partial charge in [-0.3, -0.25) is 10.1 Å². The van der Waals surface area contributed by atoms with E-state index in [1.807, 2.05) is 6.07 Å². The zero-order chi connectivity index (χ0) is 25.2. The Morgan fingerprint density at radius 1 is 1.22 bits per heavy atom. The van der Waals surface area contributed by atoms with Crippen molar-refractivity contribution in [1.29, 1.82) is 0 Å². The van der Waals surface area contributed by atoms with Crippen molar-refractivity contribution in [3.05, 3.63) is 88.1 Å². The van der Waals surface area contributed by atoms with E-state index in [9.17, 15) is 14.8 Å². The molecule has 0 aliphatic heterocycles. The Kier molecular flexibility index (Phi) is 6.34. The van der Waals surface area contributed by atoms with Crippen LogP contribution in [0.25, 0.3) is 16.8 Å². The molecule has 1 atom stereocenters. The van der Waals surface area contributed by atoms with Gasteiger partial charge in [0.2, 0.25) is 5.69 Å². The molecule has 182 valence electrons. The summed E-state index contributed by atoms with van der Waals surface area (Å²) in [5, 5.41) is 27.6. The van der Waals surface area contributed by atoms with Crippen molar-refractivity contribution < 1.29 is 19.1 Å². The summed E-state index contributed by atoms with van der Waals surface area (Å²) in [7, 11) is 1.29. The minimum Gasteiger partial charge on any atom is -0.618 e. The van der Waals surface area contributed by atoms with Crippen molar-refractivity contribution in [2.45, 2.75) is 25.2 Å². The van der Waals surface area contributed by atoms with Crippen LogP contribution >= 0.6 is 11.6 Å². The second-order valence-electron chi connectivity index (χ2n) is 8.43. The normalized spacial score (nSPS) is 14.3. The Bertz CT molecular complexity index is 1440. The Balaban J connectivity index is 1.39. The van der Waals surface area contributed by atoms with Crippen LogP contribution in [-0.2, 0) is 22.4 Å². The number of rotatable bonds is 6. The van der Waals surface area contributed by atoms with Crippen LogP contribution in [0.5, 0.6) is 0 Å². The number of benzene rings is 2.